The molecule has 0 amide bonds. The Morgan fingerprint density at radius 1 is 1.40 bits per heavy atom. The number of rotatable bonds is 3. The van der Waals surface area contributed by atoms with E-state index in [9.17, 15) is 13.2 Å². The summed E-state index contributed by atoms with van der Waals surface area (Å²) < 4.78 is 25.9. The Labute approximate surface area is 149 Å². The Bertz CT molecular complexity index is 1020. The first-order chi connectivity index (χ1) is 11.7. The van der Waals surface area contributed by atoms with Crippen molar-refractivity contribution in [1.29, 1.82) is 0 Å². The van der Waals surface area contributed by atoms with Crippen molar-refractivity contribution in [3.8, 4) is 0 Å². The van der Waals surface area contributed by atoms with Gasteiger partial charge in [0.05, 0.1) is 35.0 Å². The van der Waals surface area contributed by atoms with Crippen molar-refractivity contribution >= 4 is 33.5 Å². The van der Waals surface area contributed by atoms with Gasteiger partial charge in [0.25, 0.3) is 5.56 Å². The Morgan fingerprint density at radius 2 is 2.12 bits per heavy atom. The van der Waals surface area contributed by atoms with E-state index in [0.29, 0.717) is 22.8 Å². The molecule has 3 rings (SSSR count). The lowest BCUT2D eigenvalue weighted by molar-refractivity contribution is 0.497. The summed E-state index contributed by atoms with van der Waals surface area (Å²) in [6, 6.07) is 2.78. The zero-order chi connectivity index (χ0) is 18.4. The average Bonchev–Trinajstić information content (AvgIpc) is 2.99. The lowest BCUT2D eigenvalue weighted by Crippen LogP contribution is -2.19. The van der Waals surface area contributed by atoms with Crippen LogP contribution in [0.1, 0.15) is 29.3 Å². The summed E-state index contributed by atoms with van der Waals surface area (Å²) in [5.74, 6) is 0.366. The molecule has 10 heteroatoms. The van der Waals surface area contributed by atoms with Crippen LogP contribution in [0.3, 0.4) is 0 Å². The highest BCUT2D eigenvalue weighted by atomic mass is 35.5. The van der Waals surface area contributed by atoms with E-state index < -0.39 is 9.84 Å². The monoisotopic (exact) mass is 383 g/mol. The number of hydrogen-bond acceptors (Lipinski definition) is 6. The van der Waals surface area contributed by atoms with Gasteiger partial charge in [-0.25, -0.2) is 13.1 Å². The van der Waals surface area contributed by atoms with Crippen molar-refractivity contribution in [2.45, 2.75) is 26.3 Å². The highest BCUT2D eigenvalue weighted by Gasteiger charge is 2.31. The first-order valence-electron chi connectivity index (χ1n) is 7.66. The molecule has 25 heavy (non-hydrogen) atoms. The molecule has 0 saturated carbocycles. The minimum atomic E-state index is -3.05. The maximum Gasteiger partial charge on any atom is 0.273 e. The number of anilines is 1. The van der Waals surface area contributed by atoms with E-state index in [0.717, 1.165) is 10.2 Å². The molecule has 0 bridgehead atoms. The molecule has 2 aromatic heterocycles. The topological polar surface area (TPSA) is 112 Å². The summed E-state index contributed by atoms with van der Waals surface area (Å²) in [5.41, 5.74) is 7.34. The molecule has 8 nitrogen and oxygen atoms in total. The van der Waals surface area contributed by atoms with E-state index in [1.807, 2.05) is 0 Å². The van der Waals surface area contributed by atoms with Gasteiger partial charge in [0.1, 0.15) is 11.0 Å². The molecule has 0 radical (unpaired) electrons. The van der Waals surface area contributed by atoms with Crippen LogP contribution in [-0.2, 0) is 9.84 Å². The van der Waals surface area contributed by atoms with Gasteiger partial charge >= 0.3 is 0 Å². The molecule has 1 aliphatic rings. The second-order valence-corrected chi connectivity index (χ2v) is 8.73. The number of hydrogen-bond donors (Lipinski definition) is 1. The van der Waals surface area contributed by atoms with Crippen LogP contribution in [0.15, 0.2) is 22.0 Å². The van der Waals surface area contributed by atoms with E-state index in [1.54, 1.807) is 19.9 Å². The van der Waals surface area contributed by atoms with Crippen molar-refractivity contribution in [3.63, 3.8) is 0 Å². The largest absolute Gasteiger partial charge is 0.384 e. The SMILES string of the molecule is Cc1cc(N)n(/N=C\c2c(C)nn([C@H]3CCS(=O)(=O)C3)c2Cl)c(=O)c1. The summed E-state index contributed by atoms with van der Waals surface area (Å²) in [4.78, 5) is 12.0. The third kappa shape index (κ3) is 3.47. The molecule has 0 spiro atoms. The van der Waals surface area contributed by atoms with E-state index in [-0.39, 0.29) is 28.9 Å². The third-order valence-corrected chi connectivity index (χ3v) is 6.23. The number of aryl methyl sites for hydroxylation is 2. The van der Waals surface area contributed by atoms with Crippen LogP contribution >= 0.6 is 11.6 Å². The number of aromatic nitrogens is 3. The van der Waals surface area contributed by atoms with Gasteiger partial charge in [-0.3, -0.25) is 4.79 Å². The number of pyridine rings is 1. The Kier molecular flexibility index (Phi) is 4.46. The van der Waals surface area contributed by atoms with E-state index in [2.05, 4.69) is 10.2 Å². The van der Waals surface area contributed by atoms with E-state index in [4.69, 9.17) is 17.3 Å². The van der Waals surface area contributed by atoms with Gasteiger partial charge < -0.3 is 5.73 Å². The van der Waals surface area contributed by atoms with Crippen molar-refractivity contribution in [2.24, 2.45) is 5.10 Å². The Morgan fingerprint density at radius 3 is 2.72 bits per heavy atom. The van der Waals surface area contributed by atoms with Crippen LogP contribution in [0.4, 0.5) is 5.82 Å². The molecule has 1 aliphatic heterocycles. The molecule has 0 unspecified atom stereocenters. The quantitative estimate of drug-likeness (QED) is 0.798. The van der Waals surface area contributed by atoms with Gasteiger partial charge in [-0.1, -0.05) is 11.6 Å². The van der Waals surface area contributed by atoms with Crippen molar-refractivity contribution in [2.75, 3.05) is 17.2 Å². The fraction of sp³-hybridized carbons (Fsp3) is 0.400. The molecular formula is C15H18ClN5O3S. The summed E-state index contributed by atoms with van der Waals surface area (Å²) in [6.07, 6.45) is 1.89. The van der Waals surface area contributed by atoms with Crippen molar-refractivity contribution in [1.82, 2.24) is 14.5 Å². The lowest BCUT2D eigenvalue weighted by Gasteiger charge is -2.09. The van der Waals surface area contributed by atoms with Gasteiger partial charge in [-0.05, 0) is 31.9 Å². The van der Waals surface area contributed by atoms with Crippen LogP contribution in [-0.4, -0.2) is 40.6 Å². The van der Waals surface area contributed by atoms with Crippen molar-refractivity contribution < 1.29 is 8.42 Å². The van der Waals surface area contributed by atoms with E-state index >= 15 is 0 Å². The minimum absolute atomic E-state index is 0.0226. The smallest absolute Gasteiger partial charge is 0.273 e. The van der Waals surface area contributed by atoms with Crippen LogP contribution < -0.4 is 11.3 Å². The third-order valence-electron chi connectivity index (χ3n) is 4.11. The minimum Gasteiger partial charge on any atom is -0.384 e. The highest BCUT2D eigenvalue weighted by Crippen LogP contribution is 2.29. The van der Waals surface area contributed by atoms with Crippen LogP contribution in [0.5, 0.6) is 0 Å². The van der Waals surface area contributed by atoms with E-state index in [1.165, 1.54) is 17.0 Å². The first kappa shape index (κ1) is 17.7. The molecule has 134 valence electrons. The normalized spacial score (nSPS) is 19.7. The van der Waals surface area contributed by atoms with Gasteiger partial charge in [0, 0.05) is 6.07 Å². The van der Waals surface area contributed by atoms with Crippen molar-refractivity contribution in [3.05, 3.63) is 44.5 Å². The fourth-order valence-electron chi connectivity index (χ4n) is 2.85. The summed E-state index contributed by atoms with van der Waals surface area (Å²) >= 11 is 6.37. The predicted octanol–water partition coefficient (Wildman–Crippen LogP) is 1.14. The zero-order valence-corrected chi connectivity index (χ0v) is 15.4. The van der Waals surface area contributed by atoms with Gasteiger partial charge in [0.2, 0.25) is 0 Å². The average molecular weight is 384 g/mol. The molecule has 1 fully saturated rings. The highest BCUT2D eigenvalue weighted by molar-refractivity contribution is 7.91. The molecule has 0 aromatic carbocycles. The predicted molar refractivity (Wildman–Crippen MR) is 97.1 cm³/mol. The first-order valence-corrected chi connectivity index (χ1v) is 9.86. The summed E-state index contributed by atoms with van der Waals surface area (Å²) in [6.45, 7) is 3.51. The van der Waals surface area contributed by atoms with Gasteiger partial charge in [0.15, 0.2) is 9.84 Å². The second-order valence-electron chi connectivity index (χ2n) is 6.14. The maximum atomic E-state index is 12.0. The fourth-order valence-corrected chi connectivity index (χ4v) is 4.90. The second kappa shape index (κ2) is 6.30. The van der Waals surface area contributed by atoms with Gasteiger partial charge in [-0.15, -0.1) is 0 Å². The molecule has 2 N–H and O–H groups in total. The number of nitrogens with zero attached hydrogens (tertiary/aromatic N) is 4. The number of halogens is 1. The molecule has 0 aliphatic carbocycles. The summed E-state index contributed by atoms with van der Waals surface area (Å²) in [7, 11) is -3.05. The molecule has 3 heterocycles. The van der Waals surface area contributed by atoms with Crippen LogP contribution in [0.2, 0.25) is 5.15 Å². The standard InChI is InChI=1S/C15H18ClN5O3S/c1-9-5-13(17)21(14(22)6-9)18-7-12-10(2)19-20(15(12)16)11-3-4-25(23,24)8-11/h5-7,11H,3-4,8,17H2,1-2H3/b18-7-/t11-/m0/s1. The molecule has 1 saturated heterocycles. The number of nitrogen functional groups attached to an aromatic ring is 1. The molecular weight excluding hydrogens is 366 g/mol. The lowest BCUT2D eigenvalue weighted by atomic mass is 10.2. The zero-order valence-electron chi connectivity index (χ0n) is 13.8. The Hall–Kier alpha value is -2.13. The maximum absolute atomic E-state index is 12.0. The Balaban J connectivity index is 1.96. The van der Waals surface area contributed by atoms with Crippen LogP contribution in [0, 0.1) is 13.8 Å². The number of nitrogens with two attached hydrogens (primary N) is 1. The molecule has 1 atom stereocenters. The molecule has 2 aromatic rings. The van der Waals surface area contributed by atoms with Crippen LogP contribution in [0.25, 0.3) is 0 Å². The number of sulfone groups is 1. The summed E-state index contributed by atoms with van der Waals surface area (Å²) in [5, 5.41) is 8.74. The van der Waals surface area contributed by atoms with Gasteiger partial charge in [-0.2, -0.15) is 14.9 Å².